The van der Waals surface area contributed by atoms with Crippen molar-refractivity contribution in [3.05, 3.63) is 91.4 Å². The molecule has 0 radical (unpaired) electrons. The summed E-state index contributed by atoms with van der Waals surface area (Å²) in [7, 11) is 0. The maximum Gasteiger partial charge on any atom is 0.246 e. The minimum atomic E-state index is -0.348. The molecule has 0 unspecified atom stereocenters. The molecule has 6 nitrogen and oxygen atoms in total. The van der Waals surface area contributed by atoms with Gasteiger partial charge >= 0.3 is 0 Å². The first kappa shape index (κ1) is 19.9. The standard InChI is InChI=1S/C25H21FN4O2/c1-2-23(31)29-13-4-7-21(29)25-28-24(22-16-27-12-14-30(22)25)17-8-10-19(11-9-17)32-20-6-3-5-18(26)15-20/h2-3,5-6,8-12,14-16,21H,1,4,7,13H2/t21-/m0/s1. The zero-order chi connectivity index (χ0) is 22.1. The molecule has 0 saturated carbocycles. The summed E-state index contributed by atoms with van der Waals surface area (Å²) in [5.41, 5.74) is 2.54. The number of imidazole rings is 1. The minimum absolute atomic E-state index is 0.0845. The smallest absolute Gasteiger partial charge is 0.246 e. The Bertz CT molecular complexity index is 1300. The highest BCUT2D eigenvalue weighted by atomic mass is 19.1. The fourth-order valence-electron chi connectivity index (χ4n) is 4.17. The Kier molecular flexibility index (Phi) is 5.15. The van der Waals surface area contributed by atoms with Crippen LogP contribution in [0.25, 0.3) is 16.8 Å². The van der Waals surface area contributed by atoms with E-state index in [9.17, 15) is 9.18 Å². The largest absolute Gasteiger partial charge is 0.457 e. The number of aromatic nitrogens is 3. The van der Waals surface area contributed by atoms with Crippen LogP contribution in [0.1, 0.15) is 24.7 Å². The van der Waals surface area contributed by atoms with Crippen molar-refractivity contribution in [3.8, 4) is 22.8 Å². The molecule has 160 valence electrons. The van der Waals surface area contributed by atoms with Crippen LogP contribution in [0.3, 0.4) is 0 Å². The molecule has 1 saturated heterocycles. The number of carbonyl (C=O) groups excluding carboxylic acids is 1. The Labute approximate surface area is 184 Å². The number of hydrogen-bond acceptors (Lipinski definition) is 4. The molecule has 7 heteroatoms. The molecule has 2 aromatic carbocycles. The molecular formula is C25H21FN4O2. The molecule has 0 N–H and O–H groups in total. The Balaban J connectivity index is 1.50. The van der Waals surface area contributed by atoms with Gasteiger partial charge in [0.2, 0.25) is 5.91 Å². The predicted octanol–water partition coefficient (Wildman–Crippen LogP) is 5.18. The first-order valence-corrected chi connectivity index (χ1v) is 10.4. The van der Waals surface area contributed by atoms with Crippen molar-refractivity contribution < 1.29 is 13.9 Å². The summed E-state index contributed by atoms with van der Waals surface area (Å²) in [6.45, 7) is 4.32. The third-order valence-corrected chi connectivity index (χ3v) is 5.64. The lowest BCUT2D eigenvalue weighted by Gasteiger charge is -2.22. The van der Waals surface area contributed by atoms with E-state index < -0.39 is 0 Å². The van der Waals surface area contributed by atoms with E-state index >= 15 is 0 Å². The second kappa shape index (κ2) is 8.26. The SMILES string of the molecule is C=CC(=O)N1CCC[C@H]1c1nc(-c2ccc(Oc3cccc(F)c3)cc2)c2cnccn12. The lowest BCUT2D eigenvalue weighted by Crippen LogP contribution is -2.29. The maximum absolute atomic E-state index is 13.4. The van der Waals surface area contributed by atoms with E-state index in [1.165, 1.54) is 18.2 Å². The van der Waals surface area contributed by atoms with Crippen LogP contribution >= 0.6 is 0 Å². The number of halogens is 1. The monoisotopic (exact) mass is 428 g/mol. The summed E-state index contributed by atoms with van der Waals surface area (Å²) < 4.78 is 21.2. The van der Waals surface area contributed by atoms with E-state index in [0.717, 1.165) is 35.4 Å². The number of benzene rings is 2. The van der Waals surface area contributed by atoms with Crippen LogP contribution in [0.4, 0.5) is 4.39 Å². The fraction of sp³-hybridized carbons (Fsp3) is 0.160. The normalized spacial score (nSPS) is 15.8. The molecule has 4 aromatic rings. The summed E-state index contributed by atoms with van der Waals surface area (Å²) in [6, 6.07) is 13.4. The van der Waals surface area contributed by atoms with Gasteiger partial charge in [-0.25, -0.2) is 9.37 Å². The van der Waals surface area contributed by atoms with Crippen molar-refractivity contribution in [1.82, 2.24) is 19.3 Å². The van der Waals surface area contributed by atoms with Gasteiger partial charge in [0.1, 0.15) is 23.1 Å². The number of rotatable bonds is 5. The lowest BCUT2D eigenvalue weighted by molar-refractivity contribution is -0.127. The molecule has 0 aliphatic carbocycles. The topological polar surface area (TPSA) is 59.7 Å². The van der Waals surface area contributed by atoms with Crippen LogP contribution in [0.5, 0.6) is 11.5 Å². The molecule has 0 bridgehead atoms. The van der Waals surface area contributed by atoms with Crippen LogP contribution in [0.2, 0.25) is 0 Å². The van der Waals surface area contributed by atoms with E-state index in [4.69, 9.17) is 9.72 Å². The molecule has 3 heterocycles. The Morgan fingerprint density at radius 3 is 2.81 bits per heavy atom. The number of ether oxygens (including phenoxy) is 1. The Hall–Kier alpha value is -4.00. The van der Waals surface area contributed by atoms with Crippen LogP contribution in [0.15, 0.2) is 79.8 Å². The van der Waals surface area contributed by atoms with Crippen LogP contribution in [-0.2, 0) is 4.79 Å². The van der Waals surface area contributed by atoms with Crippen molar-refractivity contribution >= 4 is 11.4 Å². The van der Waals surface area contributed by atoms with E-state index in [1.54, 1.807) is 24.5 Å². The Morgan fingerprint density at radius 1 is 1.19 bits per heavy atom. The minimum Gasteiger partial charge on any atom is -0.457 e. The van der Waals surface area contributed by atoms with Gasteiger partial charge in [0.05, 0.1) is 23.4 Å². The quantitative estimate of drug-likeness (QED) is 0.411. The van der Waals surface area contributed by atoms with Gasteiger partial charge in [0, 0.05) is 30.6 Å². The highest BCUT2D eigenvalue weighted by Crippen LogP contribution is 2.35. The van der Waals surface area contributed by atoms with Gasteiger partial charge in [-0.05, 0) is 55.3 Å². The van der Waals surface area contributed by atoms with Crippen molar-refractivity contribution in [2.24, 2.45) is 0 Å². The highest BCUT2D eigenvalue weighted by molar-refractivity contribution is 5.87. The molecule has 0 spiro atoms. The van der Waals surface area contributed by atoms with Crippen molar-refractivity contribution in [2.45, 2.75) is 18.9 Å². The van der Waals surface area contributed by atoms with Gasteiger partial charge in [-0.15, -0.1) is 0 Å². The summed E-state index contributed by atoms with van der Waals surface area (Å²) in [5, 5.41) is 0. The number of hydrogen-bond donors (Lipinski definition) is 0. The molecule has 1 aliphatic rings. The second-order valence-electron chi connectivity index (χ2n) is 7.63. The van der Waals surface area contributed by atoms with Gasteiger partial charge in [-0.1, -0.05) is 12.6 Å². The van der Waals surface area contributed by atoms with Gasteiger partial charge in [0.25, 0.3) is 0 Å². The lowest BCUT2D eigenvalue weighted by atomic mass is 10.1. The van der Waals surface area contributed by atoms with Gasteiger partial charge in [0.15, 0.2) is 0 Å². The number of fused-ring (bicyclic) bond motifs is 1. The molecule has 1 aliphatic heterocycles. The van der Waals surface area contributed by atoms with Gasteiger partial charge < -0.3 is 9.64 Å². The average Bonchev–Trinajstić information content (AvgIpc) is 3.44. The number of likely N-dealkylation sites (tertiary alicyclic amines) is 1. The molecule has 5 rings (SSSR count). The van der Waals surface area contributed by atoms with Crippen molar-refractivity contribution in [2.75, 3.05) is 6.54 Å². The number of nitrogens with zero attached hydrogens (tertiary/aromatic N) is 4. The number of amides is 1. The third-order valence-electron chi connectivity index (χ3n) is 5.64. The predicted molar refractivity (Wildman–Crippen MR) is 119 cm³/mol. The summed E-state index contributed by atoms with van der Waals surface area (Å²) in [6.07, 6.45) is 8.49. The summed E-state index contributed by atoms with van der Waals surface area (Å²) in [4.78, 5) is 23.4. The zero-order valence-electron chi connectivity index (χ0n) is 17.3. The maximum atomic E-state index is 13.4. The van der Waals surface area contributed by atoms with Crippen molar-refractivity contribution in [1.29, 1.82) is 0 Å². The molecular weight excluding hydrogens is 407 g/mol. The van der Waals surface area contributed by atoms with E-state index in [-0.39, 0.29) is 17.8 Å². The molecule has 1 amide bonds. The molecule has 1 atom stereocenters. The first-order chi connectivity index (χ1) is 15.6. The van der Waals surface area contributed by atoms with Crippen LogP contribution < -0.4 is 4.74 Å². The molecule has 1 fully saturated rings. The summed E-state index contributed by atoms with van der Waals surface area (Å²) >= 11 is 0. The number of carbonyl (C=O) groups is 1. The first-order valence-electron chi connectivity index (χ1n) is 10.4. The fourth-order valence-corrected chi connectivity index (χ4v) is 4.17. The highest BCUT2D eigenvalue weighted by Gasteiger charge is 2.32. The second-order valence-corrected chi connectivity index (χ2v) is 7.63. The van der Waals surface area contributed by atoms with Crippen LogP contribution in [0, 0.1) is 5.82 Å². The average molecular weight is 428 g/mol. The van der Waals surface area contributed by atoms with E-state index in [2.05, 4.69) is 11.6 Å². The van der Waals surface area contributed by atoms with E-state index in [1.807, 2.05) is 39.8 Å². The Morgan fingerprint density at radius 2 is 2.03 bits per heavy atom. The van der Waals surface area contributed by atoms with Crippen LogP contribution in [-0.4, -0.2) is 31.7 Å². The third kappa shape index (κ3) is 3.62. The zero-order valence-corrected chi connectivity index (χ0v) is 17.3. The molecule has 32 heavy (non-hydrogen) atoms. The van der Waals surface area contributed by atoms with Gasteiger partial charge in [-0.2, -0.15) is 0 Å². The van der Waals surface area contributed by atoms with E-state index in [0.29, 0.717) is 18.0 Å². The summed E-state index contributed by atoms with van der Waals surface area (Å²) in [5.74, 6) is 1.41. The molecule has 2 aromatic heterocycles. The van der Waals surface area contributed by atoms with Gasteiger partial charge in [-0.3, -0.25) is 14.2 Å². The van der Waals surface area contributed by atoms with Crippen molar-refractivity contribution in [3.63, 3.8) is 0 Å².